The molecule has 0 aliphatic rings. The number of rotatable bonds is 9. The van der Waals surface area contributed by atoms with E-state index in [1.165, 1.54) is 16.7 Å². The van der Waals surface area contributed by atoms with Gasteiger partial charge >= 0.3 is 0 Å². The van der Waals surface area contributed by atoms with Crippen molar-refractivity contribution >= 4 is 0 Å². The summed E-state index contributed by atoms with van der Waals surface area (Å²) in [5.41, 5.74) is 9.98. The fourth-order valence-electron chi connectivity index (χ4n) is 2.41. The van der Waals surface area contributed by atoms with Crippen LogP contribution in [0, 0.1) is 13.8 Å². The number of hydrogen-bond acceptors (Lipinski definition) is 4. The minimum atomic E-state index is 0.0392. The molecule has 4 heteroatoms. The van der Waals surface area contributed by atoms with Gasteiger partial charge in [-0.2, -0.15) is 0 Å². The first-order valence-electron chi connectivity index (χ1n) is 7.22. The topological polar surface area (TPSA) is 58.7 Å². The van der Waals surface area contributed by atoms with Crippen LogP contribution in [0.4, 0.5) is 0 Å². The van der Waals surface area contributed by atoms with E-state index in [2.05, 4.69) is 36.9 Å². The van der Waals surface area contributed by atoms with E-state index >= 15 is 0 Å². The van der Waals surface area contributed by atoms with Gasteiger partial charge in [0.2, 0.25) is 0 Å². The number of hydrogen-bond donors (Lipinski definition) is 2. The molecule has 114 valence electrons. The smallest absolute Gasteiger partial charge is 0.0589 e. The van der Waals surface area contributed by atoms with Crippen molar-refractivity contribution in [3.05, 3.63) is 34.9 Å². The Hall–Kier alpha value is -0.940. The first kappa shape index (κ1) is 17.1. The highest BCUT2D eigenvalue weighted by Crippen LogP contribution is 2.18. The van der Waals surface area contributed by atoms with Gasteiger partial charge in [0.05, 0.1) is 13.2 Å². The molecular formula is C16H28N2O2. The number of benzene rings is 1. The Kier molecular flexibility index (Phi) is 7.77. The monoisotopic (exact) mass is 280 g/mol. The van der Waals surface area contributed by atoms with Crippen molar-refractivity contribution in [3.63, 3.8) is 0 Å². The molecule has 1 atom stereocenters. The molecule has 0 saturated carbocycles. The average Bonchev–Trinajstić information content (AvgIpc) is 2.40. The van der Waals surface area contributed by atoms with E-state index in [9.17, 15) is 0 Å². The maximum absolute atomic E-state index is 9.08. The van der Waals surface area contributed by atoms with Gasteiger partial charge < -0.3 is 15.6 Å². The lowest BCUT2D eigenvalue weighted by Gasteiger charge is -2.23. The van der Waals surface area contributed by atoms with E-state index in [1.807, 2.05) is 0 Å². The molecule has 1 aromatic carbocycles. The molecule has 0 aliphatic carbocycles. The Morgan fingerprint density at radius 2 is 1.80 bits per heavy atom. The van der Waals surface area contributed by atoms with E-state index in [0.29, 0.717) is 13.2 Å². The molecule has 4 nitrogen and oxygen atoms in total. The predicted octanol–water partition coefficient (Wildman–Crippen LogP) is 1.63. The van der Waals surface area contributed by atoms with Gasteiger partial charge in [0.15, 0.2) is 0 Å². The fraction of sp³-hybridized carbons (Fsp3) is 0.625. The SMILES string of the molecule is COCCN(CCO)CCC(N)c1cc(C)cc(C)c1. The Labute approximate surface area is 122 Å². The van der Waals surface area contributed by atoms with Crippen LogP contribution < -0.4 is 5.73 Å². The van der Waals surface area contributed by atoms with Crippen molar-refractivity contribution in [2.24, 2.45) is 5.73 Å². The fourth-order valence-corrected chi connectivity index (χ4v) is 2.41. The Morgan fingerprint density at radius 3 is 2.35 bits per heavy atom. The number of ether oxygens (including phenoxy) is 1. The molecule has 0 saturated heterocycles. The second-order valence-corrected chi connectivity index (χ2v) is 5.37. The molecular weight excluding hydrogens is 252 g/mol. The molecule has 0 aromatic heterocycles. The zero-order chi connectivity index (χ0) is 15.0. The maximum atomic E-state index is 9.08. The van der Waals surface area contributed by atoms with Crippen LogP contribution in [0.3, 0.4) is 0 Å². The lowest BCUT2D eigenvalue weighted by molar-refractivity contribution is 0.128. The molecule has 1 rings (SSSR count). The second-order valence-electron chi connectivity index (χ2n) is 5.37. The van der Waals surface area contributed by atoms with Crippen LogP contribution >= 0.6 is 0 Å². The van der Waals surface area contributed by atoms with Gasteiger partial charge in [-0.25, -0.2) is 0 Å². The lowest BCUT2D eigenvalue weighted by atomic mass is 9.99. The van der Waals surface area contributed by atoms with Crippen molar-refractivity contribution in [1.29, 1.82) is 0 Å². The zero-order valence-electron chi connectivity index (χ0n) is 12.9. The maximum Gasteiger partial charge on any atom is 0.0589 e. The van der Waals surface area contributed by atoms with E-state index < -0.39 is 0 Å². The molecule has 1 aromatic rings. The summed E-state index contributed by atoms with van der Waals surface area (Å²) in [6.45, 7) is 7.42. The molecule has 0 fully saturated rings. The number of nitrogens with two attached hydrogens (primary N) is 1. The van der Waals surface area contributed by atoms with Crippen LogP contribution in [-0.2, 0) is 4.74 Å². The van der Waals surface area contributed by atoms with Gasteiger partial charge in [-0.15, -0.1) is 0 Å². The number of aliphatic hydroxyl groups excluding tert-OH is 1. The summed E-state index contributed by atoms with van der Waals surface area (Å²) in [6, 6.07) is 6.51. The van der Waals surface area contributed by atoms with E-state index in [4.69, 9.17) is 15.6 Å². The Morgan fingerprint density at radius 1 is 1.15 bits per heavy atom. The highest BCUT2D eigenvalue weighted by atomic mass is 16.5. The van der Waals surface area contributed by atoms with Crippen molar-refractivity contribution in [1.82, 2.24) is 4.90 Å². The van der Waals surface area contributed by atoms with Gasteiger partial charge in [-0.3, -0.25) is 4.90 Å². The summed E-state index contributed by atoms with van der Waals surface area (Å²) < 4.78 is 5.09. The molecule has 3 N–H and O–H groups in total. The standard InChI is InChI=1S/C16H28N2O2/c1-13-10-14(2)12-15(11-13)16(17)4-5-18(6-8-19)7-9-20-3/h10-12,16,19H,4-9,17H2,1-3H3. The van der Waals surface area contributed by atoms with E-state index in [1.54, 1.807) is 7.11 Å². The third kappa shape index (κ3) is 6.01. The van der Waals surface area contributed by atoms with Crippen LogP contribution in [0.5, 0.6) is 0 Å². The van der Waals surface area contributed by atoms with Gasteiger partial charge in [-0.1, -0.05) is 29.3 Å². The number of aliphatic hydroxyl groups is 1. The molecule has 0 amide bonds. The molecule has 0 bridgehead atoms. The van der Waals surface area contributed by atoms with E-state index in [-0.39, 0.29) is 12.6 Å². The minimum absolute atomic E-state index is 0.0392. The van der Waals surface area contributed by atoms with E-state index in [0.717, 1.165) is 19.5 Å². The molecule has 0 spiro atoms. The quantitative estimate of drug-likeness (QED) is 0.722. The van der Waals surface area contributed by atoms with Crippen LogP contribution in [0.2, 0.25) is 0 Å². The minimum Gasteiger partial charge on any atom is -0.395 e. The molecule has 0 aliphatic heterocycles. The second kappa shape index (κ2) is 9.08. The summed E-state index contributed by atoms with van der Waals surface area (Å²) in [4.78, 5) is 2.19. The normalized spacial score (nSPS) is 12.9. The van der Waals surface area contributed by atoms with Crippen molar-refractivity contribution in [3.8, 4) is 0 Å². The van der Waals surface area contributed by atoms with Gasteiger partial charge in [-0.05, 0) is 25.8 Å². The highest BCUT2D eigenvalue weighted by molar-refractivity contribution is 5.30. The highest BCUT2D eigenvalue weighted by Gasteiger charge is 2.10. The first-order valence-corrected chi connectivity index (χ1v) is 7.22. The zero-order valence-corrected chi connectivity index (χ0v) is 12.9. The third-order valence-corrected chi connectivity index (χ3v) is 3.46. The van der Waals surface area contributed by atoms with Crippen LogP contribution in [-0.4, -0.2) is 50.0 Å². The summed E-state index contributed by atoms with van der Waals surface area (Å²) in [5.74, 6) is 0. The molecule has 0 radical (unpaired) electrons. The molecule has 1 unspecified atom stereocenters. The van der Waals surface area contributed by atoms with Crippen molar-refractivity contribution in [2.75, 3.05) is 40.0 Å². The summed E-state index contributed by atoms with van der Waals surface area (Å²) in [5, 5.41) is 9.08. The first-order chi connectivity index (χ1) is 9.56. The van der Waals surface area contributed by atoms with Gasteiger partial charge in [0.1, 0.15) is 0 Å². The third-order valence-electron chi connectivity index (χ3n) is 3.46. The molecule has 20 heavy (non-hydrogen) atoms. The number of methoxy groups -OCH3 is 1. The summed E-state index contributed by atoms with van der Waals surface area (Å²) >= 11 is 0. The average molecular weight is 280 g/mol. The number of nitrogens with zero attached hydrogens (tertiary/aromatic N) is 1. The van der Waals surface area contributed by atoms with Crippen molar-refractivity contribution in [2.45, 2.75) is 26.3 Å². The van der Waals surface area contributed by atoms with Gasteiger partial charge in [0.25, 0.3) is 0 Å². The summed E-state index contributed by atoms with van der Waals surface area (Å²) in [7, 11) is 1.69. The number of aryl methyl sites for hydroxylation is 2. The molecule has 0 heterocycles. The lowest BCUT2D eigenvalue weighted by Crippen LogP contribution is -2.33. The van der Waals surface area contributed by atoms with Crippen LogP contribution in [0.15, 0.2) is 18.2 Å². The van der Waals surface area contributed by atoms with Crippen molar-refractivity contribution < 1.29 is 9.84 Å². The van der Waals surface area contributed by atoms with Crippen LogP contribution in [0.25, 0.3) is 0 Å². The summed E-state index contributed by atoms with van der Waals surface area (Å²) in [6.07, 6.45) is 0.882. The van der Waals surface area contributed by atoms with Crippen LogP contribution in [0.1, 0.15) is 29.2 Å². The Balaban J connectivity index is 2.53. The van der Waals surface area contributed by atoms with Gasteiger partial charge in [0, 0.05) is 32.8 Å². The Bertz CT molecular complexity index is 376. The largest absolute Gasteiger partial charge is 0.395 e. The predicted molar refractivity (Wildman–Crippen MR) is 82.9 cm³/mol.